The van der Waals surface area contributed by atoms with E-state index in [1.54, 1.807) is 36.4 Å². The number of rotatable bonds is 10. The molecule has 3 aromatic carbocycles. The third-order valence-corrected chi connectivity index (χ3v) is 6.29. The minimum atomic E-state index is -1.15. The molecule has 0 saturated heterocycles. The summed E-state index contributed by atoms with van der Waals surface area (Å²) in [6, 6.07) is 18.2. The Labute approximate surface area is 222 Å². The van der Waals surface area contributed by atoms with E-state index < -0.39 is 5.97 Å². The molecule has 190 valence electrons. The van der Waals surface area contributed by atoms with E-state index in [-0.39, 0.29) is 16.0 Å². The van der Waals surface area contributed by atoms with Crippen LogP contribution in [0.4, 0.5) is 0 Å². The highest BCUT2D eigenvalue weighted by Gasteiger charge is 2.19. The van der Waals surface area contributed by atoms with Crippen LogP contribution < -0.4 is 14.2 Å². The van der Waals surface area contributed by atoms with Gasteiger partial charge >= 0.3 is 5.97 Å². The van der Waals surface area contributed by atoms with E-state index in [9.17, 15) is 9.90 Å². The van der Waals surface area contributed by atoms with Crippen LogP contribution in [-0.4, -0.2) is 35.5 Å². The van der Waals surface area contributed by atoms with Gasteiger partial charge in [-0.25, -0.2) is 4.79 Å². The van der Waals surface area contributed by atoms with Crippen molar-refractivity contribution in [3.05, 3.63) is 87.3 Å². The molecule has 1 heterocycles. The molecule has 8 nitrogen and oxygen atoms in total. The fourth-order valence-electron chi connectivity index (χ4n) is 3.33. The Hall–Kier alpha value is -3.95. The third kappa shape index (κ3) is 6.63. The number of aromatic nitrogens is 2. The summed E-state index contributed by atoms with van der Waals surface area (Å²) in [6.07, 6.45) is 1.49. The van der Waals surface area contributed by atoms with Crippen molar-refractivity contribution in [2.75, 3.05) is 14.2 Å². The second-order valence-corrected chi connectivity index (χ2v) is 9.25. The summed E-state index contributed by atoms with van der Waals surface area (Å²) in [4.78, 5) is 11.9. The lowest BCUT2D eigenvalue weighted by Crippen LogP contribution is -1.99. The Morgan fingerprint density at radius 2 is 1.73 bits per heavy atom. The lowest BCUT2D eigenvalue weighted by atomic mass is 10.1. The second-order valence-electron chi connectivity index (χ2n) is 7.82. The Morgan fingerprint density at radius 3 is 2.43 bits per heavy atom. The number of thioether (sulfide) groups is 1. The zero-order valence-corrected chi connectivity index (χ0v) is 21.8. The van der Waals surface area contributed by atoms with Crippen molar-refractivity contribution in [2.45, 2.75) is 18.8 Å². The van der Waals surface area contributed by atoms with E-state index in [1.807, 2.05) is 31.2 Å². The van der Waals surface area contributed by atoms with Gasteiger partial charge < -0.3 is 23.7 Å². The number of hydrogen-bond donors (Lipinski definition) is 1. The molecule has 0 spiro atoms. The standard InChI is InChI=1S/C27H23ClN2O6S/c1-16-4-6-17(7-5-16)15-35-22-10-8-18(12-23(22)34-3)13-24(26(31)32)37-27-30-29-25(36-27)20-14-19(28)9-11-21(20)33-2/h4-14H,15H2,1-3H3,(H,31,32)/b24-13-. The number of methoxy groups -OCH3 is 2. The average molecular weight is 539 g/mol. The normalized spacial score (nSPS) is 11.3. The van der Waals surface area contributed by atoms with E-state index in [4.69, 9.17) is 30.2 Å². The molecule has 4 aromatic rings. The Kier molecular flexibility index (Phi) is 8.37. The number of aryl methyl sites for hydroxylation is 1. The van der Waals surface area contributed by atoms with E-state index >= 15 is 0 Å². The van der Waals surface area contributed by atoms with Crippen LogP contribution in [0.5, 0.6) is 17.2 Å². The number of benzene rings is 3. The van der Waals surface area contributed by atoms with Gasteiger partial charge in [0.1, 0.15) is 17.3 Å². The summed E-state index contributed by atoms with van der Waals surface area (Å²) in [5.74, 6) is 0.521. The largest absolute Gasteiger partial charge is 0.496 e. The smallest absolute Gasteiger partial charge is 0.342 e. The first-order chi connectivity index (χ1) is 17.9. The van der Waals surface area contributed by atoms with Gasteiger partial charge in [0, 0.05) is 5.02 Å². The molecule has 0 fully saturated rings. The van der Waals surface area contributed by atoms with Crippen LogP contribution in [0.3, 0.4) is 0 Å². The van der Waals surface area contributed by atoms with Crippen molar-refractivity contribution in [1.82, 2.24) is 10.2 Å². The van der Waals surface area contributed by atoms with Crippen molar-refractivity contribution in [3.63, 3.8) is 0 Å². The van der Waals surface area contributed by atoms with Crippen LogP contribution >= 0.6 is 23.4 Å². The molecule has 0 aliphatic rings. The van der Waals surface area contributed by atoms with Gasteiger partial charge in [-0.1, -0.05) is 47.5 Å². The Bertz CT molecular complexity index is 1440. The van der Waals surface area contributed by atoms with Crippen molar-refractivity contribution in [2.24, 2.45) is 0 Å². The molecule has 0 unspecified atom stereocenters. The molecule has 1 aromatic heterocycles. The summed E-state index contributed by atoms with van der Waals surface area (Å²) in [7, 11) is 3.04. The maximum absolute atomic E-state index is 12.0. The maximum Gasteiger partial charge on any atom is 0.342 e. The van der Waals surface area contributed by atoms with Crippen LogP contribution in [-0.2, 0) is 11.4 Å². The second kappa shape index (κ2) is 11.9. The topological polar surface area (TPSA) is 104 Å². The molecule has 37 heavy (non-hydrogen) atoms. The molecule has 4 rings (SSSR count). The van der Waals surface area contributed by atoms with E-state index in [0.717, 1.165) is 17.3 Å². The minimum Gasteiger partial charge on any atom is -0.496 e. The van der Waals surface area contributed by atoms with Crippen molar-refractivity contribution >= 4 is 35.4 Å². The van der Waals surface area contributed by atoms with Gasteiger partial charge in [-0.15, -0.1) is 10.2 Å². The molecular weight excluding hydrogens is 516 g/mol. The quantitative estimate of drug-likeness (QED) is 0.178. The molecule has 0 saturated carbocycles. The van der Waals surface area contributed by atoms with Gasteiger partial charge in [0.15, 0.2) is 11.5 Å². The van der Waals surface area contributed by atoms with E-state index in [1.165, 1.54) is 25.9 Å². The molecule has 0 atom stereocenters. The van der Waals surface area contributed by atoms with Gasteiger partial charge in [-0.05, 0) is 66.2 Å². The summed E-state index contributed by atoms with van der Waals surface area (Å²) in [5, 5.41) is 18.3. The highest BCUT2D eigenvalue weighted by Crippen LogP contribution is 2.36. The number of ether oxygens (including phenoxy) is 3. The molecule has 0 amide bonds. The summed E-state index contributed by atoms with van der Waals surface area (Å²) in [5.41, 5.74) is 3.29. The molecule has 1 N–H and O–H groups in total. The highest BCUT2D eigenvalue weighted by molar-refractivity contribution is 8.03. The number of aliphatic carboxylic acids is 1. The summed E-state index contributed by atoms with van der Waals surface area (Å²) in [6.45, 7) is 2.40. The summed E-state index contributed by atoms with van der Waals surface area (Å²) < 4.78 is 22.4. The van der Waals surface area contributed by atoms with Gasteiger partial charge in [0.2, 0.25) is 0 Å². The van der Waals surface area contributed by atoms with Crippen LogP contribution in [0.15, 0.2) is 75.2 Å². The predicted molar refractivity (Wildman–Crippen MR) is 141 cm³/mol. The minimum absolute atomic E-state index is 0.0244. The van der Waals surface area contributed by atoms with Gasteiger partial charge in [0.05, 0.1) is 19.8 Å². The number of hydrogen-bond acceptors (Lipinski definition) is 8. The molecule has 0 aliphatic carbocycles. The van der Waals surface area contributed by atoms with Crippen LogP contribution in [0.25, 0.3) is 17.5 Å². The zero-order valence-electron chi connectivity index (χ0n) is 20.2. The predicted octanol–water partition coefficient (Wildman–Crippen LogP) is 6.51. The lowest BCUT2D eigenvalue weighted by Gasteiger charge is -2.12. The highest BCUT2D eigenvalue weighted by atomic mass is 35.5. The van der Waals surface area contributed by atoms with Crippen LogP contribution in [0.2, 0.25) is 5.02 Å². The van der Waals surface area contributed by atoms with Gasteiger partial charge in [0.25, 0.3) is 11.1 Å². The zero-order chi connectivity index (χ0) is 26.4. The van der Waals surface area contributed by atoms with Crippen molar-refractivity contribution < 1.29 is 28.5 Å². The molecular formula is C27H23ClN2O6S. The SMILES string of the molecule is COc1cc(/C=C(\Sc2nnc(-c3cc(Cl)ccc3OC)o2)C(=O)O)ccc1OCc1ccc(C)cc1. The fraction of sp³-hybridized carbons (Fsp3) is 0.148. The van der Waals surface area contributed by atoms with Crippen LogP contribution in [0.1, 0.15) is 16.7 Å². The first-order valence-corrected chi connectivity index (χ1v) is 12.2. The van der Waals surface area contributed by atoms with Gasteiger partial charge in [-0.3, -0.25) is 0 Å². The van der Waals surface area contributed by atoms with E-state index in [0.29, 0.717) is 40.0 Å². The maximum atomic E-state index is 12.0. The monoisotopic (exact) mass is 538 g/mol. The first-order valence-electron chi connectivity index (χ1n) is 11.0. The third-order valence-electron chi connectivity index (χ3n) is 5.21. The first kappa shape index (κ1) is 26.1. The van der Waals surface area contributed by atoms with E-state index in [2.05, 4.69) is 10.2 Å². The number of carbonyl (C=O) groups is 1. The fourth-order valence-corrected chi connectivity index (χ4v) is 4.17. The molecule has 0 radical (unpaired) electrons. The van der Waals surface area contributed by atoms with Crippen molar-refractivity contribution in [3.8, 4) is 28.7 Å². The van der Waals surface area contributed by atoms with Gasteiger partial charge in [-0.2, -0.15) is 0 Å². The Balaban J connectivity index is 1.53. The number of nitrogens with zero attached hydrogens (tertiary/aromatic N) is 2. The number of carboxylic acids is 1. The average Bonchev–Trinajstić information content (AvgIpc) is 3.36. The summed E-state index contributed by atoms with van der Waals surface area (Å²) >= 11 is 6.91. The molecule has 10 heteroatoms. The number of carboxylic acid groups (broad SMARTS) is 1. The van der Waals surface area contributed by atoms with Crippen molar-refractivity contribution in [1.29, 1.82) is 0 Å². The van der Waals surface area contributed by atoms with Crippen LogP contribution in [0, 0.1) is 6.92 Å². The Morgan fingerprint density at radius 1 is 1.00 bits per heavy atom. The molecule has 0 bridgehead atoms. The number of halogens is 1. The molecule has 0 aliphatic heterocycles. The lowest BCUT2D eigenvalue weighted by molar-refractivity contribution is -0.131.